The smallest absolute Gasteiger partial charge is 0.128 e. The molecule has 12 heavy (non-hydrogen) atoms. The van der Waals surface area contributed by atoms with Crippen molar-refractivity contribution in [2.24, 2.45) is 0 Å². The van der Waals surface area contributed by atoms with E-state index in [-0.39, 0.29) is 12.4 Å². The van der Waals surface area contributed by atoms with Crippen LogP contribution in [0.4, 0.5) is 4.39 Å². The molecule has 0 aliphatic rings. The van der Waals surface area contributed by atoms with Crippen molar-refractivity contribution in [3.63, 3.8) is 0 Å². The second-order valence-corrected chi connectivity index (χ2v) is 3.74. The van der Waals surface area contributed by atoms with E-state index in [1.807, 2.05) is 0 Å². The Morgan fingerprint density at radius 3 is 2.50 bits per heavy atom. The summed E-state index contributed by atoms with van der Waals surface area (Å²) in [5.74, 6) is -0.268. The molecule has 0 aliphatic heterocycles. The van der Waals surface area contributed by atoms with Gasteiger partial charge in [0.25, 0.3) is 0 Å². The minimum absolute atomic E-state index is 0.0825. The topological polar surface area (TPSA) is 20.2 Å². The Labute approximate surface area is 86.9 Å². The van der Waals surface area contributed by atoms with E-state index in [1.165, 1.54) is 6.07 Å². The Kier molecular flexibility index (Phi) is 3.68. The summed E-state index contributed by atoms with van der Waals surface area (Å²) in [6.45, 7) is -0.0825. The van der Waals surface area contributed by atoms with E-state index in [0.29, 0.717) is 20.9 Å². The number of benzene rings is 1. The standard InChI is InChI=1S/C8H7Br2FO/c9-3-5-1-6(4-12)7(10)2-8(5)11/h1-2,12H,3-4H2. The summed E-state index contributed by atoms with van der Waals surface area (Å²) in [6.07, 6.45) is 0. The highest BCUT2D eigenvalue weighted by molar-refractivity contribution is 9.10. The van der Waals surface area contributed by atoms with Gasteiger partial charge in [0.2, 0.25) is 0 Å². The van der Waals surface area contributed by atoms with E-state index < -0.39 is 0 Å². The minimum Gasteiger partial charge on any atom is -0.392 e. The van der Waals surface area contributed by atoms with Crippen LogP contribution in [0.1, 0.15) is 11.1 Å². The molecule has 0 aromatic heterocycles. The van der Waals surface area contributed by atoms with Crippen LogP contribution in [0, 0.1) is 5.82 Å². The van der Waals surface area contributed by atoms with Gasteiger partial charge in [-0.1, -0.05) is 31.9 Å². The van der Waals surface area contributed by atoms with Crippen molar-refractivity contribution < 1.29 is 9.50 Å². The van der Waals surface area contributed by atoms with E-state index in [0.717, 1.165) is 0 Å². The lowest BCUT2D eigenvalue weighted by atomic mass is 10.1. The fourth-order valence-corrected chi connectivity index (χ4v) is 1.74. The summed E-state index contributed by atoms with van der Waals surface area (Å²) in [5.41, 5.74) is 1.26. The third-order valence-electron chi connectivity index (χ3n) is 1.53. The molecule has 1 N–H and O–H groups in total. The van der Waals surface area contributed by atoms with Gasteiger partial charge in [-0.25, -0.2) is 4.39 Å². The molecule has 4 heteroatoms. The Morgan fingerprint density at radius 2 is 2.00 bits per heavy atom. The summed E-state index contributed by atoms with van der Waals surface area (Å²) in [6, 6.07) is 3.00. The summed E-state index contributed by atoms with van der Waals surface area (Å²) >= 11 is 6.31. The summed E-state index contributed by atoms with van der Waals surface area (Å²) in [7, 11) is 0. The van der Waals surface area contributed by atoms with Crippen LogP contribution >= 0.6 is 31.9 Å². The van der Waals surface area contributed by atoms with Gasteiger partial charge in [0, 0.05) is 9.80 Å². The molecular weight excluding hydrogens is 291 g/mol. The highest BCUT2D eigenvalue weighted by Gasteiger charge is 2.05. The summed E-state index contributed by atoms with van der Waals surface area (Å²) in [5, 5.41) is 9.32. The lowest BCUT2D eigenvalue weighted by molar-refractivity contribution is 0.281. The van der Waals surface area contributed by atoms with Crippen LogP contribution in [-0.4, -0.2) is 5.11 Å². The van der Waals surface area contributed by atoms with Crippen molar-refractivity contribution in [1.82, 2.24) is 0 Å². The van der Waals surface area contributed by atoms with Crippen molar-refractivity contribution in [2.45, 2.75) is 11.9 Å². The molecular formula is C8H7Br2FO. The first-order valence-electron chi connectivity index (χ1n) is 3.32. The molecule has 0 heterocycles. The molecule has 1 aromatic carbocycles. The molecule has 0 amide bonds. The summed E-state index contributed by atoms with van der Waals surface area (Å²) < 4.78 is 13.6. The Bertz CT molecular complexity index is 263. The zero-order valence-electron chi connectivity index (χ0n) is 6.15. The zero-order chi connectivity index (χ0) is 9.14. The van der Waals surface area contributed by atoms with Crippen LogP contribution in [-0.2, 0) is 11.9 Å². The number of rotatable bonds is 2. The van der Waals surface area contributed by atoms with Gasteiger partial charge in [0.05, 0.1) is 6.61 Å². The molecule has 66 valence electrons. The highest BCUT2D eigenvalue weighted by Crippen LogP contribution is 2.22. The van der Waals surface area contributed by atoms with Crippen molar-refractivity contribution in [1.29, 1.82) is 0 Å². The van der Waals surface area contributed by atoms with Crippen molar-refractivity contribution in [2.75, 3.05) is 0 Å². The SMILES string of the molecule is OCc1cc(CBr)c(F)cc1Br. The lowest BCUT2D eigenvalue weighted by Gasteiger charge is -2.04. The quantitative estimate of drug-likeness (QED) is 0.832. The van der Waals surface area contributed by atoms with E-state index in [2.05, 4.69) is 31.9 Å². The minimum atomic E-state index is -0.268. The Morgan fingerprint density at radius 1 is 1.33 bits per heavy atom. The average molecular weight is 298 g/mol. The largest absolute Gasteiger partial charge is 0.392 e. The molecule has 1 aromatic rings. The van der Waals surface area contributed by atoms with Gasteiger partial charge in [0.1, 0.15) is 5.82 Å². The molecule has 0 saturated carbocycles. The average Bonchev–Trinajstić information content (AvgIpc) is 2.05. The normalized spacial score (nSPS) is 10.3. The molecule has 0 spiro atoms. The van der Waals surface area contributed by atoms with Gasteiger partial charge in [-0.05, 0) is 23.3 Å². The second kappa shape index (κ2) is 4.35. The predicted molar refractivity (Wildman–Crippen MR) is 52.7 cm³/mol. The molecule has 1 rings (SSSR count). The van der Waals surface area contributed by atoms with Gasteiger partial charge < -0.3 is 5.11 Å². The van der Waals surface area contributed by atoms with E-state index in [4.69, 9.17) is 5.11 Å². The summed E-state index contributed by atoms with van der Waals surface area (Å²) in [4.78, 5) is 0. The molecule has 1 nitrogen and oxygen atoms in total. The van der Waals surface area contributed by atoms with E-state index in [1.54, 1.807) is 6.07 Å². The Balaban J connectivity index is 3.18. The third kappa shape index (κ3) is 2.06. The first-order chi connectivity index (χ1) is 5.69. The Hall–Kier alpha value is 0.0700. The van der Waals surface area contributed by atoms with E-state index >= 15 is 0 Å². The van der Waals surface area contributed by atoms with Crippen molar-refractivity contribution in [3.05, 3.63) is 33.5 Å². The first-order valence-corrected chi connectivity index (χ1v) is 5.24. The van der Waals surface area contributed by atoms with Gasteiger partial charge in [-0.15, -0.1) is 0 Å². The van der Waals surface area contributed by atoms with Crippen LogP contribution in [0.3, 0.4) is 0 Å². The fraction of sp³-hybridized carbons (Fsp3) is 0.250. The maximum Gasteiger partial charge on any atom is 0.128 e. The molecule has 0 unspecified atom stereocenters. The number of hydrogen-bond donors (Lipinski definition) is 1. The second-order valence-electron chi connectivity index (χ2n) is 2.33. The zero-order valence-corrected chi connectivity index (χ0v) is 9.32. The van der Waals surface area contributed by atoms with Crippen LogP contribution < -0.4 is 0 Å². The molecule has 0 bridgehead atoms. The number of aliphatic hydroxyl groups excluding tert-OH is 1. The van der Waals surface area contributed by atoms with Crippen LogP contribution in [0.5, 0.6) is 0 Å². The molecule has 0 radical (unpaired) electrons. The highest BCUT2D eigenvalue weighted by atomic mass is 79.9. The monoisotopic (exact) mass is 296 g/mol. The van der Waals surface area contributed by atoms with E-state index in [9.17, 15) is 4.39 Å². The molecule has 0 atom stereocenters. The predicted octanol–water partition coefficient (Wildman–Crippen LogP) is 2.98. The first kappa shape index (κ1) is 10.2. The number of alkyl halides is 1. The van der Waals surface area contributed by atoms with Gasteiger partial charge in [0.15, 0.2) is 0 Å². The van der Waals surface area contributed by atoms with Crippen molar-refractivity contribution >= 4 is 31.9 Å². The van der Waals surface area contributed by atoms with Crippen LogP contribution in [0.25, 0.3) is 0 Å². The maximum atomic E-state index is 13.0. The van der Waals surface area contributed by atoms with Crippen LogP contribution in [0.15, 0.2) is 16.6 Å². The van der Waals surface area contributed by atoms with Gasteiger partial charge >= 0.3 is 0 Å². The number of halogens is 3. The number of hydrogen-bond acceptors (Lipinski definition) is 1. The van der Waals surface area contributed by atoms with Crippen molar-refractivity contribution in [3.8, 4) is 0 Å². The van der Waals surface area contributed by atoms with Gasteiger partial charge in [-0.2, -0.15) is 0 Å². The lowest BCUT2D eigenvalue weighted by Crippen LogP contribution is -1.92. The third-order valence-corrected chi connectivity index (χ3v) is 2.87. The van der Waals surface area contributed by atoms with Crippen LogP contribution in [0.2, 0.25) is 0 Å². The molecule has 0 saturated heterocycles. The fourth-order valence-electron chi connectivity index (χ4n) is 0.868. The molecule has 0 aliphatic carbocycles. The number of aliphatic hydroxyl groups is 1. The maximum absolute atomic E-state index is 13.0. The van der Waals surface area contributed by atoms with Gasteiger partial charge in [-0.3, -0.25) is 0 Å². The molecule has 0 fully saturated rings.